The highest BCUT2D eigenvalue weighted by Gasteiger charge is 2.28. The van der Waals surface area contributed by atoms with Crippen LogP contribution in [0, 0.1) is 6.92 Å². The summed E-state index contributed by atoms with van der Waals surface area (Å²) < 4.78 is 33.3. The molecule has 9 nitrogen and oxygen atoms in total. The zero-order valence-corrected chi connectivity index (χ0v) is 23.7. The molecule has 0 radical (unpaired) electrons. The van der Waals surface area contributed by atoms with Gasteiger partial charge in [0.1, 0.15) is 16.5 Å². The van der Waals surface area contributed by atoms with Gasteiger partial charge in [0.25, 0.3) is 5.91 Å². The van der Waals surface area contributed by atoms with Gasteiger partial charge in [0.15, 0.2) is 14.6 Å². The molecule has 12 heteroatoms. The number of thiophene rings is 1. The second-order valence-corrected chi connectivity index (χ2v) is 13.2. The van der Waals surface area contributed by atoms with Gasteiger partial charge in [-0.1, -0.05) is 23.5 Å². The molecule has 0 fully saturated rings. The van der Waals surface area contributed by atoms with Crippen LogP contribution >= 0.6 is 22.7 Å². The van der Waals surface area contributed by atoms with Gasteiger partial charge in [-0.2, -0.15) is 4.99 Å². The number of aryl methyl sites for hydroxylation is 2. The molecule has 0 spiro atoms. The van der Waals surface area contributed by atoms with E-state index in [2.05, 4.69) is 16.9 Å². The Kier molecular flexibility index (Phi) is 8.64. The predicted octanol–water partition coefficient (Wildman–Crippen LogP) is 3.80. The SMILES string of the molecule is C=CCn1c(=NC(=O)CS(=O)(=O)CC(=O)Nc2sc3c(c2C(=O)OCC)CCCC3)sc2cc(C)ccc21. The number of carbonyl (C=O) groups is 3. The summed E-state index contributed by atoms with van der Waals surface area (Å²) in [6.07, 6.45) is 5.07. The molecule has 0 bridgehead atoms. The summed E-state index contributed by atoms with van der Waals surface area (Å²) >= 11 is 2.55. The molecular formula is C26H29N3O6S3. The molecule has 1 aliphatic carbocycles. The van der Waals surface area contributed by atoms with Gasteiger partial charge in [0, 0.05) is 11.4 Å². The lowest BCUT2D eigenvalue weighted by Crippen LogP contribution is -2.28. The first-order chi connectivity index (χ1) is 18.1. The number of aromatic nitrogens is 1. The van der Waals surface area contributed by atoms with Crippen LogP contribution in [0.4, 0.5) is 5.00 Å². The Morgan fingerprint density at radius 2 is 1.95 bits per heavy atom. The van der Waals surface area contributed by atoms with Crippen molar-refractivity contribution < 1.29 is 27.5 Å². The fourth-order valence-electron chi connectivity index (χ4n) is 4.38. The molecule has 202 valence electrons. The van der Waals surface area contributed by atoms with Gasteiger partial charge in [0.2, 0.25) is 5.91 Å². The van der Waals surface area contributed by atoms with E-state index in [0.29, 0.717) is 23.3 Å². The van der Waals surface area contributed by atoms with Crippen LogP contribution in [-0.2, 0) is 43.5 Å². The van der Waals surface area contributed by atoms with Crippen LogP contribution in [0.25, 0.3) is 10.2 Å². The predicted molar refractivity (Wildman–Crippen MR) is 150 cm³/mol. The molecule has 38 heavy (non-hydrogen) atoms. The molecule has 4 rings (SSSR count). The van der Waals surface area contributed by atoms with Crippen molar-refractivity contribution in [2.24, 2.45) is 4.99 Å². The molecule has 0 saturated heterocycles. The minimum Gasteiger partial charge on any atom is -0.462 e. The maximum absolute atomic E-state index is 12.7. The number of fused-ring (bicyclic) bond motifs is 2. The highest BCUT2D eigenvalue weighted by atomic mass is 32.2. The third-order valence-electron chi connectivity index (χ3n) is 5.97. The monoisotopic (exact) mass is 575 g/mol. The largest absolute Gasteiger partial charge is 0.462 e. The Labute approximate surface area is 228 Å². The summed E-state index contributed by atoms with van der Waals surface area (Å²) in [5, 5.41) is 2.87. The van der Waals surface area contributed by atoms with Crippen LogP contribution < -0.4 is 10.1 Å². The number of benzene rings is 1. The van der Waals surface area contributed by atoms with E-state index < -0.39 is 39.1 Å². The van der Waals surface area contributed by atoms with E-state index in [-0.39, 0.29) is 11.6 Å². The van der Waals surface area contributed by atoms with Gasteiger partial charge in [-0.05, 0) is 62.8 Å². The summed E-state index contributed by atoms with van der Waals surface area (Å²) in [6, 6.07) is 5.83. The van der Waals surface area contributed by atoms with Crippen molar-refractivity contribution in [3.8, 4) is 0 Å². The molecule has 0 saturated carbocycles. The molecule has 0 unspecified atom stereocenters. The number of hydrogen-bond acceptors (Lipinski definition) is 8. The molecule has 1 aliphatic rings. The van der Waals surface area contributed by atoms with Gasteiger partial charge in [-0.3, -0.25) is 9.59 Å². The number of ether oxygens (including phenoxy) is 1. The average Bonchev–Trinajstić information content (AvgIpc) is 3.35. The topological polar surface area (TPSA) is 124 Å². The first-order valence-electron chi connectivity index (χ1n) is 12.2. The number of nitrogens with zero attached hydrogens (tertiary/aromatic N) is 2. The fourth-order valence-corrected chi connectivity index (χ4v) is 7.85. The number of thiazole rings is 1. The number of sulfone groups is 1. The number of allylic oxidation sites excluding steroid dienone is 1. The van der Waals surface area contributed by atoms with Crippen molar-refractivity contribution in [3.05, 3.63) is 57.2 Å². The molecular weight excluding hydrogens is 547 g/mol. The van der Waals surface area contributed by atoms with Gasteiger partial charge in [-0.25, -0.2) is 13.2 Å². The van der Waals surface area contributed by atoms with Crippen molar-refractivity contribution >= 4 is 65.5 Å². The molecule has 1 N–H and O–H groups in total. The van der Waals surface area contributed by atoms with Crippen molar-refractivity contribution in [1.29, 1.82) is 0 Å². The Balaban J connectivity index is 1.51. The summed E-state index contributed by atoms with van der Waals surface area (Å²) in [5.41, 5.74) is 3.08. The first kappa shape index (κ1) is 27.9. The third-order valence-corrected chi connectivity index (χ3v) is 9.61. The summed E-state index contributed by atoms with van der Waals surface area (Å²) in [6.45, 7) is 7.98. The summed E-state index contributed by atoms with van der Waals surface area (Å²) in [7, 11) is -4.12. The van der Waals surface area contributed by atoms with E-state index in [4.69, 9.17) is 4.74 Å². The summed E-state index contributed by atoms with van der Waals surface area (Å²) in [4.78, 5) is 43.4. The van der Waals surface area contributed by atoms with Crippen molar-refractivity contribution in [2.45, 2.75) is 46.1 Å². The maximum Gasteiger partial charge on any atom is 0.341 e. The molecule has 1 aromatic carbocycles. The zero-order chi connectivity index (χ0) is 27.4. The highest BCUT2D eigenvalue weighted by molar-refractivity contribution is 7.92. The number of amides is 2. The third kappa shape index (κ3) is 6.30. The highest BCUT2D eigenvalue weighted by Crippen LogP contribution is 2.38. The number of hydrogen-bond donors (Lipinski definition) is 1. The van der Waals surface area contributed by atoms with Crippen molar-refractivity contribution in [2.75, 3.05) is 23.4 Å². The minimum absolute atomic E-state index is 0.184. The Morgan fingerprint density at radius 1 is 1.18 bits per heavy atom. The number of carbonyl (C=O) groups excluding carboxylic acids is 3. The van der Waals surface area contributed by atoms with Crippen LogP contribution in [0.3, 0.4) is 0 Å². The number of esters is 1. The molecule has 0 aliphatic heterocycles. The maximum atomic E-state index is 12.7. The van der Waals surface area contributed by atoms with E-state index >= 15 is 0 Å². The number of anilines is 1. The van der Waals surface area contributed by atoms with E-state index in [1.165, 1.54) is 22.7 Å². The smallest absolute Gasteiger partial charge is 0.341 e. The van der Waals surface area contributed by atoms with E-state index in [1.807, 2.05) is 25.1 Å². The zero-order valence-electron chi connectivity index (χ0n) is 21.2. The fraction of sp³-hybridized carbons (Fsp3) is 0.385. The number of nitrogens with one attached hydrogen (secondary N) is 1. The molecule has 3 aromatic rings. The normalized spacial score (nSPS) is 13.8. The van der Waals surface area contributed by atoms with Crippen LogP contribution in [0.1, 0.15) is 46.1 Å². The quantitative estimate of drug-likeness (QED) is 0.306. The second-order valence-electron chi connectivity index (χ2n) is 8.98. The van der Waals surface area contributed by atoms with Crippen LogP contribution in [0.2, 0.25) is 0 Å². The van der Waals surface area contributed by atoms with Gasteiger partial charge in [0.05, 0.1) is 22.4 Å². The van der Waals surface area contributed by atoms with E-state index in [0.717, 1.165) is 45.5 Å². The van der Waals surface area contributed by atoms with E-state index in [9.17, 15) is 22.8 Å². The lowest BCUT2D eigenvalue weighted by molar-refractivity contribution is -0.115. The molecule has 0 atom stereocenters. The van der Waals surface area contributed by atoms with Crippen molar-refractivity contribution in [1.82, 2.24) is 4.57 Å². The lowest BCUT2D eigenvalue weighted by Gasteiger charge is -2.12. The van der Waals surface area contributed by atoms with Crippen LogP contribution in [0.15, 0.2) is 35.8 Å². The summed E-state index contributed by atoms with van der Waals surface area (Å²) in [5.74, 6) is -4.03. The van der Waals surface area contributed by atoms with Gasteiger partial charge in [-0.15, -0.1) is 17.9 Å². The Morgan fingerprint density at radius 3 is 2.68 bits per heavy atom. The van der Waals surface area contributed by atoms with Gasteiger partial charge >= 0.3 is 5.97 Å². The first-order valence-corrected chi connectivity index (χ1v) is 15.7. The van der Waals surface area contributed by atoms with Crippen LogP contribution in [-0.4, -0.2) is 48.9 Å². The molecule has 2 amide bonds. The van der Waals surface area contributed by atoms with E-state index in [1.54, 1.807) is 17.6 Å². The molecule has 2 aromatic heterocycles. The standard InChI is InChI=1S/C26H29N3O6S3/c1-4-12-29-18-11-10-16(3)13-20(18)37-26(29)28-22(31)15-38(33,34)14-21(30)27-24-23(25(32)35-5-2)17-8-6-7-9-19(17)36-24/h4,10-11,13H,1,5-9,12,14-15H2,2-3H3,(H,27,30). The Hall–Kier alpha value is -3.09. The minimum atomic E-state index is -4.12. The lowest BCUT2D eigenvalue weighted by atomic mass is 9.95. The second kappa shape index (κ2) is 11.7. The number of rotatable bonds is 9. The van der Waals surface area contributed by atoms with Gasteiger partial charge < -0.3 is 14.6 Å². The average molecular weight is 576 g/mol. The Bertz CT molecular complexity index is 1590. The molecule has 2 heterocycles. The van der Waals surface area contributed by atoms with Crippen LogP contribution in [0.5, 0.6) is 0 Å². The van der Waals surface area contributed by atoms with Crippen molar-refractivity contribution in [3.63, 3.8) is 0 Å².